The second-order valence-corrected chi connectivity index (χ2v) is 5.95. The van der Waals surface area contributed by atoms with E-state index >= 15 is 0 Å². The van der Waals surface area contributed by atoms with Crippen LogP contribution in [0.3, 0.4) is 0 Å². The molecule has 2 nitrogen and oxygen atoms in total. The zero-order chi connectivity index (χ0) is 15.2. The number of thioether (sulfide) groups is 1. The Morgan fingerprint density at radius 3 is 2.71 bits per heavy atom. The van der Waals surface area contributed by atoms with E-state index in [2.05, 4.69) is 26.0 Å². The third-order valence-electron chi connectivity index (χ3n) is 2.81. The second kappa shape index (κ2) is 7.66. The highest BCUT2D eigenvalue weighted by Crippen LogP contribution is 2.28. The highest BCUT2D eigenvalue weighted by molar-refractivity contribution is 9.10. The third kappa shape index (κ3) is 4.61. The molecule has 21 heavy (non-hydrogen) atoms. The maximum Gasteiger partial charge on any atom is 0.387 e. The third-order valence-corrected chi connectivity index (χ3v) is 4.10. The molecule has 0 atom stereocenters. The van der Waals surface area contributed by atoms with E-state index in [1.54, 1.807) is 23.9 Å². The minimum atomic E-state index is -2.83. The predicted molar refractivity (Wildman–Crippen MR) is 86.3 cm³/mol. The Labute approximate surface area is 135 Å². The van der Waals surface area contributed by atoms with Crippen LogP contribution in [0.4, 0.5) is 14.5 Å². The molecule has 0 aromatic heterocycles. The van der Waals surface area contributed by atoms with Crippen LogP contribution in [0.5, 0.6) is 5.75 Å². The summed E-state index contributed by atoms with van der Waals surface area (Å²) in [6.45, 7) is -2.43. The molecule has 2 rings (SSSR count). The van der Waals surface area contributed by atoms with Gasteiger partial charge in [0.15, 0.2) is 0 Å². The molecule has 0 spiro atoms. The van der Waals surface area contributed by atoms with Crippen LogP contribution in [0.2, 0.25) is 0 Å². The molecule has 0 aliphatic carbocycles. The van der Waals surface area contributed by atoms with E-state index in [0.717, 1.165) is 15.1 Å². The summed E-state index contributed by atoms with van der Waals surface area (Å²) in [7, 11) is 0. The summed E-state index contributed by atoms with van der Waals surface area (Å²) in [6.07, 6.45) is 1.99. The first-order valence-electron chi connectivity index (χ1n) is 6.20. The lowest BCUT2D eigenvalue weighted by molar-refractivity contribution is -0.0504. The van der Waals surface area contributed by atoms with Gasteiger partial charge in [0.25, 0.3) is 0 Å². The Hall–Kier alpha value is -1.27. The Kier molecular flexibility index (Phi) is 5.87. The first-order chi connectivity index (χ1) is 10.1. The van der Waals surface area contributed by atoms with Crippen molar-refractivity contribution in [2.75, 3.05) is 11.6 Å². The number of para-hydroxylation sites is 1. The van der Waals surface area contributed by atoms with Crippen molar-refractivity contribution in [1.29, 1.82) is 0 Å². The van der Waals surface area contributed by atoms with Gasteiger partial charge in [0.1, 0.15) is 5.75 Å². The van der Waals surface area contributed by atoms with Crippen molar-refractivity contribution in [3.63, 3.8) is 0 Å². The van der Waals surface area contributed by atoms with Crippen molar-refractivity contribution < 1.29 is 13.5 Å². The predicted octanol–water partition coefficient (Wildman–Crippen LogP) is 5.38. The van der Waals surface area contributed by atoms with E-state index in [0.29, 0.717) is 12.1 Å². The molecule has 2 aromatic carbocycles. The van der Waals surface area contributed by atoms with Gasteiger partial charge < -0.3 is 10.1 Å². The maximum atomic E-state index is 12.4. The Morgan fingerprint density at radius 2 is 2.00 bits per heavy atom. The molecular weight excluding hydrogens is 360 g/mol. The molecule has 0 unspecified atom stereocenters. The van der Waals surface area contributed by atoms with Gasteiger partial charge in [-0.1, -0.05) is 28.1 Å². The molecule has 0 saturated carbocycles. The van der Waals surface area contributed by atoms with Crippen molar-refractivity contribution in [2.24, 2.45) is 0 Å². The second-order valence-electron chi connectivity index (χ2n) is 4.18. The van der Waals surface area contributed by atoms with Crippen LogP contribution in [-0.4, -0.2) is 12.9 Å². The number of alkyl halides is 2. The fraction of sp³-hybridized carbons (Fsp3) is 0.200. The SMILES string of the molecule is CSc1ccccc1NCc1cc(Br)ccc1OC(F)F. The monoisotopic (exact) mass is 373 g/mol. The van der Waals surface area contributed by atoms with Crippen LogP contribution < -0.4 is 10.1 Å². The van der Waals surface area contributed by atoms with Crippen LogP contribution in [0.1, 0.15) is 5.56 Å². The van der Waals surface area contributed by atoms with Crippen molar-refractivity contribution in [2.45, 2.75) is 18.1 Å². The summed E-state index contributed by atoms with van der Waals surface area (Å²) < 4.78 is 30.2. The van der Waals surface area contributed by atoms with E-state index in [1.165, 1.54) is 6.07 Å². The molecule has 0 heterocycles. The normalized spacial score (nSPS) is 10.7. The lowest BCUT2D eigenvalue weighted by Crippen LogP contribution is -2.07. The zero-order valence-electron chi connectivity index (χ0n) is 11.3. The Morgan fingerprint density at radius 1 is 1.24 bits per heavy atom. The van der Waals surface area contributed by atoms with Gasteiger partial charge in [-0.05, 0) is 36.6 Å². The molecule has 6 heteroatoms. The number of hydrogen-bond acceptors (Lipinski definition) is 3. The number of anilines is 1. The summed E-state index contributed by atoms with van der Waals surface area (Å²) in [5, 5.41) is 3.25. The molecule has 1 N–H and O–H groups in total. The van der Waals surface area contributed by atoms with Gasteiger partial charge in [-0.2, -0.15) is 8.78 Å². The molecule has 0 saturated heterocycles. The van der Waals surface area contributed by atoms with Crippen LogP contribution in [0.25, 0.3) is 0 Å². The van der Waals surface area contributed by atoms with Gasteiger partial charge >= 0.3 is 6.61 Å². The molecule has 0 aliphatic heterocycles. The fourth-order valence-corrected chi connectivity index (χ4v) is 2.86. The van der Waals surface area contributed by atoms with Crippen LogP contribution >= 0.6 is 27.7 Å². The Balaban J connectivity index is 2.17. The van der Waals surface area contributed by atoms with Gasteiger partial charge in [0, 0.05) is 27.2 Å². The minimum Gasteiger partial charge on any atom is -0.434 e. The van der Waals surface area contributed by atoms with Crippen LogP contribution in [-0.2, 0) is 6.54 Å². The molecule has 2 aromatic rings. The van der Waals surface area contributed by atoms with Crippen molar-refractivity contribution in [3.05, 3.63) is 52.5 Å². The number of benzene rings is 2. The molecular formula is C15H14BrF2NOS. The van der Waals surface area contributed by atoms with Crippen molar-refractivity contribution >= 4 is 33.4 Å². The van der Waals surface area contributed by atoms with Gasteiger partial charge in [-0.15, -0.1) is 11.8 Å². The van der Waals surface area contributed by atoms with Crippen LogP contribution in [0.15, 0.2) is 51.8 Å². The number of nitrogens with one attached hydrogen (secondary N) is 1. The van der Waals surface area contributed by atoms with E-state index in [4.69, 9.17) is 0 Å². The van der Waals surface area contributed by atoms with E-state index in [9.17, 15) is 8.78 Å². The highest BCUT2D eigenvalue weighted by Gasteiger charge is 2.10. The van der Waals surface area contributed by atoms with E-state index in [1.807, 2.05) is 30.5 Å². The minimum absolute atomic E-state index is 0.183. The number of halogens is 3. The lowest BCUT2D eigenvalue weighted by atomic mass is 10.2. The Bertz CT molecular complexity index is 610. The summed E-state index contributed by atoms with van der Waals surface area (Å²) >= 11 is 4.97. The molecule has 0 bridgehead atoms. The fourth-order valence-electron chi connectivity index (χ4n) is 1.88. The first-order valence-corrected chi connectivity index (χ1v) is 8.22. The zero-order valence-corrected chi connectivity index (χ0v) is 13.7. The highest BCUT2D eigenvalue weighted by atomic mass is 79.9. The summed E-state index contributed by atoms with van der Waals surface area (Å²) in [4.78, 5) is 1.10. The van der Waals surface area contributed by atoms with E-state index < -0.39 is 6.61 Å². The average Bonchev–Trinajstić information content (AvgIpc) is 2.47. The van der Waals surface area contributed by atoms with Gasteiger partial charge in [-0.3, -0.25) is 0 Å². The number of ether oxygens (including phenoxy) is 1. The average molecular weight is 374 g/mol. The van der Waals surface area contributed by atoms with Crippen molar-refractivity contribution in [1.82, 2.24) is 0 Å². The summed E-state index contributed by atoms with van der Waals surface area (Å²) in [6, 6.07) is 12.8. The number of hydrogen-bond donors (Lipinski definition) is 1. The number of rotatable bonds is 6. The summed E-state index contributed by atoms with van der Waals surface area (Å²) in [5.41, 5.74) is 1.63. The van der Waals surface area contributed by atoms with Crippen LogP contribution in [0, 0.1) is 0 Å². The first kappa shape index (κ1) is 16.1. The van der Waals surface area contributed by atoms with Gasteiger partial charge in [0.2, 0.25) is 0 Å². The molecule has 112 valence electrons. The quantitative estimate of drug-likeness (QED) is 0.686. The molecule has 0 radical (unpaired) electrons. The largest absolute Gasteiger partial charge is 0.434 e. The van der Waals surface area contributed by atoms with Gasteiger partial charge in [0.05, 0.1) is 0 Å². The standard InChI is InChI=1S/C15H14BrF2NOS/c1-21-14-5-3-2-4-12(14)19-9-10-8-11(16)6-7-13(10)20-15(17)18/h2-8,15,19H,9H2,1H3. The molecule has 0 aliphatic rings. The van der Waals surface area contributed by atoms with Crippen molar-refractivity contribution in [3.8, 4) is 5.75 Å². The lowest BCUT2D eigenvalue weighted by Gasteiger charge is -2.14. The smallest absolute Gasteiger partial charge is 0.387 e. The molecule has 0 amide bonds. The molecule has 0 fully saturated rings. The topological polar surface area (TPSA) is 21.3 Å². The van der Waals surface area contributed by atoms with Gasteiger partial charge in [-0.25, -0.2) is 0 Å². The van der Waals surface area contributed by atoms with E-state index in [-0.39, 0.29) is 5.75 Å². The maximum absolute atomic E-state index is 12.4. The summed E-state index contributed by atoms with van der Waals surface area (Å²) in [5.74, 6) is 0.183.